The Labute approximate surface area is 78.6 Å². The average Bonchev–Trinajstić information content (AvgIpc) is 2.18. The van der Waals surface area contributed by atoms with Crippen LogP contribution in [0.25, 0.3) is 5.57 Å². The summed E-state index contributed by atoms with van der Waals surface area (Å²) in [6.45, 7) is 4.65. The number of benzene rings is 1. The Bertz CT molecular complexity index is 374. The Morgan fingerprint density at radius 2 is 2.08 bits per heavy atom. The second-order valence-corrected chi connectivity index (χ2v) is 3.37. The van der Waals surface area contributed by atoms with Crippen molar-refractivity contribution in [2.24, 2.45) is 5.73 Å². The molecule has 0 amide bonds. The van der Waals surface area contributed by atoms with E-state index in [0.29, 0.717) is 6.54 Å². The third-order valence-corrected chi connectivity index (χ3v) is 2.42. The first-order valence-corrected chi connectivity index (χ1v) is 4.48. The minimum atomic E-state index is 0.632. The molecule has 1 aromatic rings. The molecule has 0 spiro atoms. The van der Waals surface area contributed by atoms with Crippen molar-refractivity contribution in [3.05, 3.63) is 53.6 Å². The zero-order valence-electron chi connectivity index (χ0n) is 7.59. The van der Waals surface area contributed by atoms with Crippen molar-refractivity contribution in [3.8, 4) is 0 Å². The zero-order chi connectivity index (χ0) is 9.26. The fourth-order valence-corrected chi connectivity index (χ4v) is 1.74. The van der Waals surface area contributed by atoms with Crippen molar-refractivity contribution < 1.29 is 0 Å². The molecule has 0 heterocycles. The van der Waals surface area contributed by atoms with Crippen LogP contribution in [0.2, 0.25) is 0 Å². The van der Waals surface area contributed by atoms with Crippen molar-refractivity contribution in [1.82, 2.24) is 0 Å². The lowest BCUT2D eigenvalue weighted by Gasteiger charge is -2.17. The van der Waals surface area contributed by atoms with Crippen LogP contribution in [-0.2, 0) is 6.42 Å². The summed E-state index contributed by atoms with van der Waals surface area (Å²) in [7, 11) is 0. The van der Waals surface area contributed by atoms with Gasteiger partial charge in [-0.2, -0.15) is 0 Å². The van der Waals surface area contributed by atoms with Crippen LogP contribution in [0.15, 0.2) is 42.5 Å². The van der Waals surface area contributed by atoms with Crippen LogP contribution < -0.4 is 5.73 Å². The summed E-state index contributed by atoms with van der Waals surface area (Å²) in [6, 6.07) is 8.36. The van der Waals surface area contributed by atoms with E-state index in [-0.39, 0.29) is 0 Å². The van der Waals surface area contributed by atoms with Crippen LogP contribution in [0.4, 0.5) is 0 Å². The molecule has 0 unspecified atom stereocenters. The Kier molecular flexibility index (Phi) is 2.03. The first-order valence-electron chi connectivity index (χ1n) is 4.48. The SMILES string of the molecule is C=C1C=C(CN)Cc2ccccc21. The van der Waals surface area contributed by atoms with E-state index < -0.39 is 0 Å². The Hall–Kier alpha value is -1.34. The van der Waals surface area contributed by atoms with E-state index in [1.807, 2.05) is 6.07 Å². The molecule has 0 fully saturated rings. The van der Waals surface area contributed by atoms with Crippen LogP contribution >= 0.6 is 0 Å². The van der Waals surface area contributed by atoms with Gasteiger partial charge in [0.25, 0.3) is 0 Å². The maximum absolute atomic E-state index is 5.61. The number of allylic oxidation sites excluding steroid dienone is 2. The molecule has 0 radical (unpaired) electrons. The highest BCUT2D eigenvalue weighted by molar-refractivity contribution is 5.77. The fraction of sp³-hybridized carbons (Fsp3) is 0.167. The van der Waals surface area contributed by atoms with E-state index in [9.17, 15) is 0 Å². The lowest BCUT2D eigenvalue weighted by atomic mass is 9.89. The molecule has 0 bridgehead atoms. The van der Waals surface area contributed by atoms with Crippen LogP contribution in [0.1, 0.15) is 11.1 Å². The number of nitrogens with two attached hydrogens (primary N) is 1. The molecule has 66 valence electrons. The first kappa shape index (κ1) is 8.27. The summed E-state index contributed by atoms with van der Waals surface area (Å²) in [5.74, 6) is 0. The summed E-state index contributed by atoms with van der Waals surface area (Å²) in [4.78, 5) is 0. The second kappa shape index (κ2) is 3.19. The Morgan fingerprint density at radius 1 is 1.31 bits per heavy atom. The lowest BCUT2D eigenvalue weighted by Crippen LogP contribution is -2.10. The Balaban J connectivity index is 2.46. The van der Waals surface area contributed by atoms with Gasteiger partial charge < -0.3 is 5.73 Å². The lowest BCUT2D eigenvalue weighted by molar-refractivity contribution is 1.02. The maximum atomic E-state index is 5.61. The summed E-state index contributed by atoms with van der Waals surface area (Å²) in [5.41, 5.74) is 10.6. The van der Waals surface area contributed by atoms with Gasteiger partial charge in [0.05, 0.1) is 0 Å². The largest absolute Gasteiger partial charge is 0.327 e. The van der Waals surface area contributed by atoms with Gasteiger partial charge in [0.15, 0.2) is 0 Å². The summed E-state index contributed by atoms with van der Waals surface area (Å²) in [5, 5.41) is 0. The molecule has 0 saturated carbocycles. The van der Waals surface area contributed by atoms with Gasteiger partial charge in [-0.15, -0.1) is 0 Å². The Morgan fingerprint density at radius 3 is 2.85 bits per heavy atom. The summed E-state index contributed by atoms with van der Waals surface area (Å²) >= 11 is 0. The van der Waals surface area contributed by atoms with Crippen LogP contribution in [0, 0.1) is 0 Å². The van der Waals surface area contributed by atoms with E-state index in [4.69, 9.17) is 5.73 Å². The van der Waals surface area contributed by atoms with Gasteiger partial charge >= 0.3 is 0 Å². The topological polar surface area (TPSA) is 26.0 Å². The highest BCUT2D eigenvalue weighted by Crippen LogP contribution is 2.27. The van der Waals surface area contributed by atoms with E-state index in [2.05, 4.69) is 30.9 Å². The quantitative estimate of drug-likeness (QED) is 0.688. The van der Waals surface area contributed by atoms with E-state index in [1.165, 1.54) is 16.7 Å². The molecule has 1 aromatic carbocycles. The van der Waals surface area contributed by atoms with Gasteiger partial charge in [0.2, 0.25) is 0 Å². The second-order valence-electron chi connectivity index (χ2n) is 3.37. The molecule has 1 aliphatic carbocycles. The molecule has 2 rings (SSSR count). The average molecular weight is 171 g/mol. The molecular formula is C12H13N. The molecule has 13 heavy (non-hydrogen) atoms. The minimum Gasteiger partial charge on any atom is -0.327 e. The maximum Gasteiger partial charge on any atom is 0.0143 e. The van der Waals surface area contributed by atoms with Crippen molar-refractivity contribution in [2.75, 3.05) is 6.54 Å². The standard InChI is InChI=1S/C12H13N/c1-9-6-10(8-13)7-11-4-2-3-5-12(9)11/h2-6H,1,7-8,13H2. The van der Waals surface area contributed by atoms with Gasteiger partial charge in [-0.1, -0.05) is 42.5 Å². The molecular weight excluding hydrogens is 158 g/mol. The van der Waals surface area contributed by atoms with Gasteiger partial charge in [-0.3, -0.25) is 0 Å². The summed E-state index contributed by atoms with van der Waals surface area (Å²) < 4.78 is 0. The molecule has 2 N–H and O–H groups in total. The monoisotopic (exact) mass is 171 g/mol. The molecule has 0 saturated heterocycles. The number of fused-ring (bicyclic) bond motifs is 1. The van der Waals surface area contributed by atoms with Gasteiger partial charge in [-0.25, -0.2) is 0 Å². The van der Waals surface area contributed by atoms with Crippen LogP contribution in [0.5, 0.6) is 0 Å². The molecule has 0 aliphatic heterocycles. The highest BCUT2D eigenvalue weighted by Gasteiger charge is 2.11. The number of rotatable bonds is 1. The third kappa shape index (κ3) is 1.43. The first-order chi connectivity index (χ1) is 6.31. The molecule has 1 aliphatic rings. The zero-order valence-corrected chi connectivity index (χ0v) is 7.59. The van der Waals surface area contributed by atoms with Crippen LogP contribution in [0.3, 0.4) is 0 Å². The fourth-order valence-electron chi connectivity index (χ4n) is 1.74. The van der Waals surface area contributed by atoms with Crippen molar-refractivity contribution in [3.63, 3.8) is 0 Å². The van der Waals surface area contributed by atoms with Gasteiger partial charge in [0.1, 0.15) is 0 Å². The van der Waals surface area contributed by atoms with E-state index >= 15 is 0 Å². The molecule has 1 nitrogen and oxygen atoms in total. The highest BCUT2D eigenvalue weighted by atomic mass is 14.5. The van der Waals surface area contributed by atoms with Crippen LogP contribution in [-0.4, -0.2) is 6.54 Å². The predicted molar refractivity (Wildman–Crippen MR) is 56.3 cm³/mol. The third-order valence-electron chi connectivity index (χ3n) is 2.42. The van der Waals surface area contributed by atoms with Crippen molar-refractivity contribution >= 4 is 5.57 Å². The van der Waals surface area contributed by atoms with E-state index in [0.717, 1.165) is 12.0 Å². The van der Waals surface area contributed by atoms with Gasteiger partial charge in [-0.05, 0) is 23.1 Å². The van der Waals surface area contributed by atoms with Gasteiger partial charge in [0, 0.05) is 6.54 Å². The summed E-state index contributed by atoms with van der Waals surface area (Å²) in [6.07, 6.45) is 3.08. The number of hydrogen-bond acceptors (Lipinski definition) is 1. The van der Waals surface area contributed by atoms with Crippen molar-refractivity contribution in [1.29, 1.82) is 0 Å². The predicted octanol–water partition coefficient (Wildman–Crippen LogP) is 2.14. The normalized spacial score (nSPS) is 15.2. The van der Waals surface area contributed by atoms with E-state index in [1.54, 1.807) is 0 Å². The minimum absolute atomic E-state index is 0.632. The molecule has 0 aromatic heterocycles. The van der Waals surface area contributed by atoms with Crippen molar-refractivity contribution in [2.45, 2.75) is 6.42 Å². The molecule has 0 atom stereocenters. The smallest absolute Gasteiger partial charge is 0.0143 e. The molecule has 1 heteroatoms. The number of hydrogen-bond donors (Lipinski definition) is 1.